The van der Waals surface area contributed by atoms with Crippen LogP contribution >= 0.6 is 0 Å². The molecule has 0 unspecified atom stereocenters. The van der Waals surface area contributed by atoms with E-state index in [1.165, 1.54) is 20.3 Å². The third-order valence-electron chi connectivity index (χ3n) is 2.26. The highest BCUT2D eigenvalue weighted by Crippen LogP contribution is 2.39. The summed E-state index contributed by atoms with van der Waals surface area (Å²) in [5, 5.41) is 0. The summed E-state index contributed by atoms with van der Waals surface area (Å²) in [7, 11) is 3.68. The predicted octanol–water partition coefficient (Wildman–Crippen LogP) is 2.43. The molecule has 0 spiro atoms. The molecule has 0 N–H and O–H groups in total. The maximum atomic E-state index is 12.2. The number of carbonyl (C=O) groups excluding carboxylic acids is 1. The Morgan fingerprint density at radius 2 is 1.70 bits per heavy atom. The van der Waals surface area contributed by atoms with E-state index in [4.69, 9.17) is 9.47 Å². The number of alkyl halides is 3. The molecule has 5 nitrogen and oxygen atoms in total. The minimum Gasteiger partial charge on any atom is -0.493 e. The van der Waals surface area contributed by atoms with E-state index < -0.39 is 18.8 Å². The Morgan fingerprint density at radius 3 is 2.15 bits per heavy atom. The highest BCUT2D eigenvalue weighted by Gasteiger charge is 2.30. The molecule has 1 aromatic carbocycles. The Morgan fingerprint density at radius 1 is 1.10 bits per heavy atom. The molecule has 1 aromatic rings. The Hall–Kier alpha value is -2.12. The van der Waals surface area contributed by atoms with E-state index in [2.05, 4.69) is 9.47 Å². The van der Waals surface area contributed by atoms with Gasteiger partial charge >= 0.3 is 12.1 Å². The number of rotatable bonds is 5. The maximum absolute atomic E-state index is 12.2. The van der Waals surface area contributed by atoms with Crippen molar-refractivity contribution in [2.75, 3.05) is 27.9 Å². The fourth-order valence-corrected chi connectivity index (χ4v) is 1.43. The second-order valence-corrected chi connectivity index (χ2v) is 3.61. The molecule has 0 amide bonds. The van der Waals surface area contributed by atoms with Gasteiger partial charge in [0.25, 0.3) is 0 Å². The van der Waals surface area contributed by atoms with Gasteiger partial charge in [-0.3, -0.25) is 0 Å². The molecule has 0 aliphatic heterocycles. The first-order valence-corrected chi connectivity index (χ1v) is 5.36. The van der Waals surface area contributed by atoms with Gasteiger partial charge in [-0.2, -0.15) is 13.2 Å². The number of halogens is 3. The van der Waals surface area contributed by atoms with E-state index in [1.54, 1.807) is 0 Å². The maximum Gasteiger partial charge on any atom is 0.422 e. The van der Waals surface area contributed by atoms with Crippen molar-refractivity contribution in [3.05, 3.63) is 17.7 Å². The van der Waals surface area contributed by atoms with Gasteiger partial charge < -0.3 is 18.9 Å². The van der Waals surface area contributed by atoms with Crippen LogP contribution < -0.4 is 14.2 Å². The molecule has 0 aromatic heterocycles. The smallest absolute Gasteiger partial charge is 0.422 e. The van der Waals surface area contributed by atoms with Gasteiger partial charge in [-0.05, 0) is 12.1 Å². The normalized spacial score (nSPS) is 10.9. The van der Waals surface area contributed by atoms with Crippen molar-refractivity contribution in [3.63, 3.8) is 0 Å². The van der Waals surface area contributed by atoms with Crippen LogP contribution in [0.1, 0.15) is 10.4 Å². The lowest BCUT2D eigenvalue weighted by Gasteiger charge is -2.16. The number of benzene rings is 1. The van der Waals surface area contributed by atoms with Crippen LogP contribution in [0.15, 0.2) is 12.1 Å². The lowest BCUT2D eigenvalue weighted by atomic mass is 10.2. The fourth-order valence-electron chi connectivity index (χ4n) is 1.43. The first-order valence-electron chi connectivity index (χ1n) is 5.36. The molecular formula is C12H13F3O5. The molecule has 0 saturated heterocycles. The van der Waals surface area contributed by atoms with Gasteiger partial charge in [0, 0.05) is 0 Å². The molecule has 1 rings (SSSR count). The second kappa shape index (κ2) is 6.36. The molecule has 0 aliphatic rings. The Kier molecular flexibility index (Phi) is 5.06. The van der Waals surface area contributed by atoms with Crippen LogP contribution in [0.5, 0.6) is 17.2 Å². The number of hydrogen-bond acceptors (Lipinski definition) is 5. The zero-order valence-electron chi connectivity index (χ0n) is 11.0. The minimum absolute atomic E-state index is 0.0117. The van der Waals surface area contributed by atoms with Crippen molar-refractivity contribution in [3.8, 4) is 17.2 Å². The van der Waals surface area contributed by atoms with Crippen LogP contribution in [0, 0.1) is 0 Å². The summed E-state index contributed by atoms with van der Waals surface area (Å²) >= 11 is 0. The second-order valence-electron chi connectivity index (χ2n) is 3.61. The Bertz CT molecular complexity index is 485. The van der Waals surface area contributed by atoms with Gasteiger partial charge in [0.1, 0.15) is 0 Å². The van der Waals surface area contributed by atoms with E-state index in [-0.39, 0.29) is 22.8 Å². The predicted molar refractivity (Wildman–Crippen MR) is 62.4 cm³/mol. The van der Waals surface area contributed by atoms with Gasteiger partial charge in [-0.25, -0.2) is 4.79 Å². The summed E-state index contributed by atoms with van der Waals surface area (Å²) < 4.78 is 55.6. The summed E-state index contributed by atoms with van der Waals surface area (Å²) in [6, 6.07) is 2.38. The fraction of sp³-hybridized carbons (Fsp3) is 0.417. The summed E-state index contributed by atoms with van der Waals surface area (Å²) in [5.74, 6) is -0.968. The molecule has 20 heavy (non-hydrogen) atoms. The molecule has 0 heterocycles. The molecule has 0 aliphatic carbocycles. The van der Waals surface area contributed by atoms with Gasteiger partial charge in [0.2, 0.25) is 5.75 Å². The molecule has 8 heteroatoms. The minimum atomic E-state index is -4.51. The SMILES string of the molecule is COC(=O)c1cc(OC)c(OC)c(OCC(F)(F)F)c1. The molecule has 0 bridgehead atoms. The number of methoxy groups -OCH3 is 3. The molecule has 0 saturated carbocycles. The summed E-state index contributed by atoms with van der Waals surface area (Å²) in [4.78, 5) is 11.4. The van der Waals surface area contributed by atoms with Crippen molar-refractivity contribution in [2.45, 2.75) is 6.18 Å². The zero-order valence-corrected chi connectivity index (χ0v) is 11.0. The van der Waals surface area contributed by atoms with Crippen LogP contribution in [0.2, 0.25) is 0 Å². The first-order chi connectivity index (χ1) is 9.32. The molecule has 0 radical (unpaired) electrons. The lowest BCUT2D eigenvalue weighted by Crippen LogP contribution is -2.19. The first kappa shape index (κ1) is 15.9. The Labute approximate surface area is 113 Å². The quantitative estimate of drug-likeness (QED) is 0.781. The van der Waals surface area contributed by atoms with Crippen molar-refractivity contribution >= 4 is 5.97 Å². The highest BCUT2D eigenvalue weighted by molar-refractivity contribution is 5.91. The van der Waals surface area contributed by atoms with E-state index >= 15 is 0 Å². The van der Waals surface area contributed by atoms with E-state index in [0.29, 0.717) is 0 Å². The van der Waals surface area contributed by atoms with Crippen LogP contribution in [-0.2, 0) is 4.74 Å². The topological polar surface area (TPSA) is 54.0 Å². The van der Waals surface area contributed by atoms with Crippen LogP contribution in [-0.4, -0.2) is 40.1 Å². The van der Waals surface area contributed by atoms with Crippen molar-refractivity contribution in [1.82, 2.24) is 0 Å². The standard InChI is InChI=1S/C12H13F3O5/c1-17-8-4-7(11(16)19-3)5-9(10(8)18-2)20-6-12(13,14)15/h4-5H,6H2,1-3H3. The molecule has 0 atom stereocenters. The van der Waals surface area contributed by atoms with Crippen molar-refractivity contribution in [2.24, 2.45) is 0 Å². The monoisotopic (exact) mass is 294 g/mol. The molecular weight excluding hydrogens is 281 g/mol. The molecule has 0 fully saturated rings. The van der Waals surface area contributed by atoms with E-state index in [1.807, 2.05) is 0 Å². The largest absolute Gasteiger partial charge is 0.493 e. The van der Waals surface area contributed by atoms with Crippen molar-refractivity contribution in [1.29, 1.82) is 0 Å². The third kappa shape index (κ3) is 3.94. The Balaban J connectivity index is 3.20. The van der Waals surface area contributed by atoms with Crippen LogP contribution in [0.4, 0.5) is 13.2 Å². The van der Waals surface area contributed by atoms with Gasteiger partial charge in [0.05, 0.1) is 26.9 Å². The van der Waals surface area contributed by atoms with Crippen LogP contribution in [0.25, 0.3) is 0 Å². The van der Waals surface area contributed by atoms with E-state index in [0.717, 1.165) is 13.2 Å². The number of hydrogen-bond donors (Lipinski definition) is 0. The summed E-state index contributed by atoms with van der Waals surface area (Å²) in [6.45, 7) is -1.52. The van der Waals surface area contributed by atoms with Gasteiger partial charge in [-0.15, -0.1) is 0 Å². The zero-order chi connectivity index (χ0) is 15.3. The summed E-state index contributed by atoms with van der Waals surface area (Å²) in [5.41, 5.74) is -0.0117. The summed E-state index contributed by atoms with van der Waals surface area (Å²) in [6.07, 6.45) is -4.51. The van der Waals surface area contributed by atoms with Crippen molar-refractivity contribution < 1.29 is 36.9 Å². The highest BCUT2D eigenvalue weighted by atomic mass is 19.4. The number of carbonyl (C=O) groups is 1. The number of ether oxygens (including phenoxy) is 4. The average Bonchev–Trinajstić information content (AvgIpc) is 2.42. The van der Waals surface area contributed by atoms with Gasteiger partial charge in [0.15, 0.2) is 18.1 Å². The molecule has 112 valence electrons. The average molecular weight is 294 g/mol. The lowest BCUT2D eigenvalue weighted by molar-refractivity contribution is -0.153. The third-order valence-corrected chi connectivity index (χ3v) is 2.26. The van der Waals surface area contributed by atoms with Crippen LogP contribution in [0.3, 0.4) is 0 Å². The van der Waals surface area contributed by atoms with Gasteiger partial charge in [-0.1, -0.05) is 0 Å². The number of esters is 1. The van der Waals surface area contributed by atoms with E-state index in [9.17, 15) is 18.0 Å².